The summed E-state index contributed by atoms with van der Waals surface area (Å²) in [4.78, 5) is 3.20. The Morgan fingerprint density at radius 1 is 1.29 bits per heavy atom. The van der Waals surface area contributed by atoms with Crippen LogP contribution in [0.15, 0.2) is 12.3 Å². The summed E-state index contributed by atoms with van der Waals surface area (Å²) in [5.74, 6) is 0. The van der Waals surface area contributed by atoms with Gasteiger partial charge in [-0.25, -0.2) is 8.78 Å². The van der Waals surface area contributed by atoms with Crippen LogP contribution in [0.5, 0.6) is 0 Å². The van der Waals surface area contributed by atoms with Crippen LogP contribution >= 0.6 is 0 Å². The van der Waals surface area contributed by atoms with Crippen molar-refractivity contribution in [3.05, 3.63) is 29.1 Å². The van der Waals surface area contributed by atoms with E-state index < -0.39 is 29.4 Å². The van der Waals surface area contributed by atoms with Crippen molar-refractivity contribution in [1.82, 2.24) is 4.98 Å². The Labute approximate surface area is 76.6 Å². The third kappa shape index (κ3) is 2.00. The van der Waals surface area contributed by atoms with Gasteiger partial charge in [-0.05, 0) is 18.6 Å². The molecule has 0 aliphatic carbocycles. The summed E-state index contributed by atoms with van der Waals surface area (Å²) < 4.78 is 61.0. The predicted octanol–water partition coefficient (Wildman–Crippen LogP) is 3.35. The molecule has 0 unspecified atom stereocenters. The molecule has 0 aliphatic rings. The predicted molar refractivity (Wildman–Crippen MR) is 38.9 cm³/mol. The second-order valence-electron chi connectivity index (χ2n) is 2.67. The number of halogens is 5. The van der Waals surface area contributed by atoms with E-state index in [0.29, 0.717) is 6.07 Å². The first kappa shape index (κ1) is 10.9. The Morgan fingerprint density at radius 2 is 1.86 bits per heavy atom. The van der Waals surface area contributed by atoms with Crippen LogP contribution in [-0.2, 0) is 6.18 Å². The highest BCUT2D eigenvalue weighted by Gasteiger charge is 2.34. The number of pyridine rings is 1. The second-order valence-corrected chi connectivity index (χ2v) is 2.67. The van der Waals surface area contributed by atoms with Crippen molar-refractivity contribution >= 4 is 0 Å². The number of hydrogen-bond donors (Lipinski definition) is 0. The van der Waals surface area contributed by atoms with E-state index in [-0.39, 0.29) is 0 Å². The van der Waals surface area contributed by atoms with Crippen molar-refractivity contribution in [2.75, 3.05) is 0 Å². The summed E-state index contributed by atoms with van der Waals surface area (Å²) in [5.41, 5.74) is -2.40. The fraction of sp³-hybridized carbons (Fsp3) is 0.375. The summed E-state index contributed by atoms with van der Waals surface area (Å²) in [5, 5.41) is 0. The van der Waals surface area contributed by atoms with Crippen LogP contribution in [0.1, 0.15) is 23.2 Å². The first-order valence-electron chi connectivity index (χ1n) is 3.65. The standard InChI is InChI=1S/C8H6F5N/c1-4-5(8(11,12)13)2-3-14-6(4)7(9)10/h2-3,7H,1H3. The molecule has 0 radical (unpaired) electrons. The van der Waals surface area contributed by atoms with Gasteiger partial charge in [-0.15, -0.1) is 0 Å². The fourth-order valence-corrected chi connectivity index (χ4v) is 1.08. The van der Waals surface area contributed by atoms with Crippen LogP contribution in [0, 0.1) is 6.92 Å². The van der Waals surface area contributed by atoms with Gasteiger partial charge in [-0.2, -0.15) is 13.2 Å². The largest absolute Gasteiger partial charge is 0.416 e. The Balaban J connectivity index is 3.28. The molecule has 1 aromatic heterocycles. The van der Waals surface area contributed by atoms with Crippen LogP contribution < -0.4 is 0 Å². The van der Waals surface area contributed by atoms with Crippen LogP contribution in [0.4, 0.5) is 22.0 Å². The number of aromatic nitrogens is 1. The van der Waals surface area contributed by atoms with Crippen molar-refractivity contribution < 1.29 is 22.0 Å². The lowest BCUT2D eigenvalue weighted by Crippen LogP contribution is -2.10. The fourth-order valence-electron chi connectivity index (χ4n) is 1.08. The van der Waals surface area contributed by atoms with Gasteiger partial charge in [-0.3, -0.25) is 4.98 Å². The summed E-state index contributed by atoms with van der Waals surface area (Å²) in [6.45, 7) is 0.983. The van der Waals surface area contributed by atoms with E-state index in [2.05, 4.69) is 4.98 Å². The summed E-state index contributed by atoms with van der Waals surface area (Å²) in [6.07, 6.45) is -6.87. The SMILES string of the molecule is Cc1c(C(F)(F)F)ccnc1C(F)F. The van der Waals surface area contributed by atoms with E-state index in [1.807, 2.05) is 0 Å². The molecule has 1 aromatic rings. The van der Waals surface area contributed by atoms with Crippen LogP contribution in [0.2, 0.25) is 0 Å². The normalized spacial score (nSPS) is 12.2. The Hall–Kier alpha value is -1.20. The molecule has 0 amide bonds. The maximum absolute atomic E-state index is 12.2. The third-order valence-electron chi connectivity index (χ3n) is 1.76. The zero-order chi connectivity index (χ0) is 10.9. The molecule has 14 heavy (non-hydrogen) atoms. The molecule has 1 nitrogen and oxygen atoms in total. The molecule has 0 aliphatic heterocycles. The van der Waals surface area contributed by atoms with E-state index in [0.717, 1.165) is 13.1 Å². The number of rotatable bonds is 1. The molecular weight excluding hydrogens is 205 g/mol. The molecule has 1 heterocycles. The molecule has 1 rings (SSSR count). The lowest BCUT2D eigenvalue weighted by atomic mass is 10.1. The first-order chi connectivity index (χ1) is 6.34. The molecular formula is C8H6F5N. The first-order valence-corrected chi connectivity index (χ1v) is 3.65. The van der Waals surface area contributed by atoms with Crippen molar-refractivity contribution in [1.29, 1.82) is 0 Å². The molecule has 6 heteroatoms. The summed E-state index contributed by atoms with van der Waals surface area (Å²) in [6, 6.07) is 0.682. The Morgan fingerprint density at radius 3 is 2.29 bits per heavy atom. The Bertz CT molecular complexity index is 331. The van der Waals surface area contributed by atoms with Gasteiger partial charge in [0.25, 0.3) is 6.43 Å². The average Bonchev–Trinajstić information content (AvgIpc) is 2.01. The van der Waals surface area contributed by atoms with Crippen molar-refractivity contribution in [2.24, 2.45) is 0 Å². The third-order valence-corrected chi connectivity index (χ3v) is 1.76. The van der Waals surface area contributed by atoms with Crippen molar-refractivity contribution in [2.45, 2.75) is 19.5 Å². The Kier molecular flexibility index (Phi) is 2.73. The molecule has 0 saturated carbocycles. The maximum Gasteiger partial charge on any atom is 0.416 e. The molecule has 78 valence electrons. The van der Waals surface area contributed by atoms with Gasteiger partial charge in [0.15, 0.2) is 0 Å². The van der Waals surface area contributed by atoms with Crippen LogP contribution in [0.3, 0.4) is 0 Å². The van der Waals surface area contributed by atoms with E-state index >= 15 is 0 Å². The van der Waals surface area contributed by atoms with Gasteiger partial charge in [0.1, 0.15) is 5.69 Å². The van der Waals surface area contributed by atoms with E-state index in [1.54, 1.807) is 0 Å². The van der Waals surface area contributed by atoms with Gasteiger partial charge in [0.05, 0.1) is 5.56 Å². The molecule has 0 atom stereocenters. The lowest BCUT2D eigenvalue weighted by molar-refractivity contribution is -0.138. The summed E-state index contributed by atoms with van der Waals surface area (Å²) in [7, 11) is 0. The molecule has 0 bridgehead atoms. The highest BCUT2D eigenvalue weighted by Crippen LogP contribution is 2.34. The lowest BCUT2D eigenvalue weighted by Gasteiger charge is -2.12. The number of hydrogen-bond acceptors (Lipinski definition) is 1. The van der Waals surface area contributed by atoms with Gasteiger partial charge in [-0.1, -0.05) is 0 Å². The van der Waals surface area contributed by atoms with Crippen molar-refractivity contribution in [3.63, 3.8) is 0 Å². The van der Waals surface area contributed by atoms with Crippen LogP contribution in [0.25, 0.3) is 0 Å². The molecule has 0 saturated heterocycles. The van der Waals surface area contributed by atoms with Crippen molar-refractivity contribution in [3.8, 4) is 0 Å². The monoisotopic (exact) mass is 211 g/mol. The number of nitrogens with zero attached hydrogens (tertiary/aromatic N) is 1. The minimum Gasteiger partial charge on any atom is -0.255 e. The molecule has 0 aromatic carbocycles. The maximum atomic E-state index is 12.2. The zero-order valence-electron chi connectivity index (χ0n) is 7.07. The van der Waals surface area contributed by atoms with Crippen LogP contribution in [-0.4, -0.2) is 4.98 Å². The van der Waals surface area contributed by atoms with Gasteiger partial charge >= 0.3 is 6.18 Å². The second kappa shape index (κ2) is 3.51. The molecule has 0 N–H and O–H groups in total. The quantitative estimate of drug-likeness (QED) is 0.649. The molecule has 0 spiro atoms. The highest BCUT2D eigenvalue weighted by molar-refractivity contribution is 5.31. The smallest absolute Gasteiger partial charge is 0.255 e. The van der Waals surface area contributed by atoms with E-state index in [1.165, 1.54) is 0 Å². The minimum absolute atomic E-state index is 0.519. The van der Waals surface area contributed by atoms with Gasteiger partial charge in [0.2, 0.25) is 0 Å². The van der Waals surface area contributed by atoms with E-state index in [9.17, 15) is 22.0 Å². The highest BCUT2D eigenvalue weighted by atomic mass is 19.4. The average molecular weight is 211 g/mol. The minimum atomic E-state index is -4.61. The van der Waals surface area contributed by atoms with Gasteiger partial charge < -0.3 is 0 Å². The topological polar surface area (TPSA) is 12.9 Å². The molecule has 0 fully saturated rings. The van der Waals surface area contributed by atoms with E-state index in [4.69, 9.17) is 0 Å². The zero-order valence-corrected chi connectivity index (χ0v) is 7.07. The van der Waals surface area contributed by atoms with Gasteiger partial charge in [0, 0.05) is 6.20 Å². The number of alkyl halides is 5. The summed E-state index contributed by atoms with van der Waals surface area (Å²) >= 11 is 0.